The number of hydrogen-bond donors (Lipinski definition) is 0. The fourth-order valence-corrected chi connectivity index (χ4v) is 1.60. The number of hydrogen-bond acceptors (Lipinski definition) is 4. The first-order chi connectivity index (χ1) is 6.39. The van der Waals surface area contributed by atoms with E-state index in [9.17, 15) is 8.42 Å². The van der Waals surface area contributed by atoms with Gasteiger partial charge in [0.05, 0.1) is 0 Å². The molecule has 0 saturated heterocycles. The van der Waals surface area contributed by atoms with Gasteiger partial charge in [-0.1, -0.05) is 13.8 Å². The predicted octanol–water partition coefficient (Wildman–Crippen LogP) is 1.08. The van der Waals surface area contributed by atoms with Crippen LogP contribution in [0.15, 0.2) is 17.6 Å². The predicted molar refractivity (Wildman–Crippen MR) is 53.7 cm³/mol. The molecule has 5 heteroatoms. The molecule has 78 valence electrons. The lowest BCUT2D eigenvalue weighted by Gasteiger charge is -2.03. The van der Waals surface area contributed by atoms with Gasteiger partial charge in [0.15, 0.2) is 0 Å². The maximum Gasteiger partial charge on any atom is 0.246 e. The molecule has 4 nitrogen and oxygen atoms in total. The Morgan fingerprint density at radius 3 is 2.14 bits per heavy atom. The van der Waals surface area contributed by atoms with Crippen molar-refractivity contribution in [2.75, 3.05) is 6.26 Å². The maximum absolute atomic E-state index is 11.0. The van der Waals surface area contributed by atoms with Crippen LogP contribution in [0.5, 0.6) is 0 Å². The van der Waals surface area contributed by atoms with Crippen LogP contribution < -0.4 is 0 Å². The molecule has 0 saturated carbocycles. The van der Waals surface area contributed by atoms with Crippen LogP contribution in [0.4, 0.5) is 0 Å². The molecule has 0 fully saturated rings. The first-order valence-corrected chi connectivity index (χ1v) is 6.29. The van der Waals surface area contributed by atoms with E-state index in [0.717, 1.165) is 18.2 Å². The molecule has 0 N–H and O–H groups in total. The third kappa shape index (κ3) is 3.06. The molecule has 0 bridgehead atoms. The van der Waals surface area contributed by atoms with Crippen molar-refractivity contribution >= 4 is 9.84 Å². The molecule has 1 heterocycles. The lowest BCUT2D eigenvalue weighted by Crippen LogP contribution is -2.05. The van der Waals surface area contributed by atoms with Crippen LogP contribution in [-0.4, -0.2) is 24.6 Å². The molecule has 0 aliphatic carbocycles. The highest BCUT2D eigenvalue weighted by atomic mass is 32.2. The smallest absolute Gasteiger partial charge is 0.227 e. The Bertz CT molecular complexity index is 395. The number of rotatable bonds is 3. The number of aromatic nitrogens is 2. The average Bonchev–Trinajstić information content (AvgIpc) is 2.02. The van der Waals surface area contributed by atoms with Crippen molar-refractivity contribution in [3.8, 4) is 0 Å². The Morgan fingerprint density at radius 2 is 1.79 bits per heavy atom. The van der Waals surface area contributed by atoms with E-state index in [4.69, 9.17) is 0 Å². The summed E-state index contributed by atoms with van der Waals surface area (Å²) < 4.78 is 22.1. The van der Waals surface area contributed by atoms with E-state index in [2.05, 4.69) is 23.8 Å². The highest BCUT2D eigenvalue weighted by molar-refractivity contribution is 7.90. The summed E-state index contributed by atoms with van der Waals surface area (Å²) in [6, 6.07) is 0. The van der Waals surface area contributed by atoms with Crippen LogP contribution in [0.3, 0.4) is 0 Å². The molecule has 0 atom stereocenters. The summed E-state index contributed by atoms with van der Waals surface area (Å²) in [5.74, 6) is 0.516. The van der Waals surface area contributed by atoms with Crippen molar-refractivity contribution in [2.45, 2.75) is 25.4 Å². The molecule has 0 aliphatic rings. The zero-order chi connectivity index (χ0) is 10.8. The second-order valence-electron chi connectivity index (χ2n) is 3.74. The Labute approximate surface area is 84.3 Å². The lowest BCUT2D eigenvalue weighted by molar-refractivity contribution is 0.591. The van der Waals surface area contributed by atoms with E-state index in [1.165, 1.54) is 0 Å². The van der Waals surface area contributed by atoms with Gasteiger partial charge in [-0.05, 0) is 17.9 Å². The van der Waals surface area contributed by atoms with E-state index >= 15 is 0 Å². The van der Waals surface area contributed by atoms with Gasteiger partial charge in [-0.15, -0.1) is 0 Å². The largest absolute Gasteiger partial charge is 0.246 e. The van der Waals surface area contributed by atoms with Crippen molar-refractivity contribution < 1.29 is 8.42 Å². The quantitative estimate of drug-likeness (QED) is 0.706. The summed E-state index contributed by atoms with van der Waals surface area (Å²) in [4.78, 5) is 7.61. The van der Waals surface area contributed by atoms with Gasteiger partial charge < -0.3 is 0 Å². The third-order valence-corrected chi connectivity index (χ3v) is 2.53. The Kier molecular flexibility index (Phi) is 3.21. The van der Waals surface area contributed by atoms with E-state index in [1.54, 1.807) is 12.4 Å². The number of sulfone groups is 1. The Hall–Kier alpha value is -0.970. The van der Waals surface area contributed by atoms with Crippen molar-refractivity contribution in [3.05, 3.63) is 18.0 Å². The summed E-state index contributed by atoms with van der Waals surface area (Å²) in [6.45, 7) is 4.18. The Balaban J connectivity index is 2.90. The molecule has 1 rings (SSSR count). The molecule has 14 heavy (non-hydrogen) atoms. The number of nitrogens with zero attached hydrogens (tertiary/aromatic N) is 2. The minimum Gasteiger partial charge on any atom is -0.227 e. The molecule has 0 amide bonds. The summed E-state index contributed by atoms with van der Waals surface area (Å²) in [5.41, 5.74) is 0.965. The molecule has 0 radical (unpaired) electrons. The van der Waals surface area contributed by atoms with Gasteiger partial charge in [0.2, 0.25) is 15.0 Å². The van der Waals surface area contributed by atoms with Crippen molar-refractivity contribution in [1.82, 2.24) is 9.97 Å². The minimum absolute atomic E-state index is 0.106. The standard InChI is InChI=1S/C9H14N2O2S/c1-7(2)4-8-5-10-9(11-6-8)14(3,12)13/h5-7H,4H2,1-3H3. The molecule has 1 aromatic rings. The SMILES string of the molecule is CC(C)Cc1cnc(S(C)(=O)=O)nc1. The van der Waals surface area contributed by atoms with E-state index in [1.807, 2.05) is 0 Å². The Morgan fingerprint density at radius 1 is 1.29 bits per heavy atom. The van der Waals surface area contributed by atoms with Gasteiger partial charge in [-0.2, -0.15) is 0 Å². The normalized spacial score (nSPS) is 12.0. The van der Waals surface area contributed by atoms with Crippen LogP contribution in [0, 0.1) is 5.92 Å². The van der Waals surface area contributed by atoms with E-state index < -0.39 is 9.84 Å². The second-order valence-corrected chi connectivity index (χ2v) is 5.65. The van der Waals surface area contributed by atoms with Crippen LogP contribution in [0.2, 0.25) is 0 Å². The summed E-state index contributed by atoms with van der Waals surface area (Å²) in [5, 5.41) is -0.106. The fourth-order valence-electron chi connectivity index (χ4n) is 1.11. The highest BCUT2D eigenvalue weighted by Gasteiger charge is 2.10. The zero-order valence-electron chi connectivity index (χ0n) is 8.56. The molecule has 0 unspecified atom stereocenters. The molecule has 0 spiro atoms. The summed E-state index contributed by atoms with van der Waals surface area (Å²) >= 11 is 0. The first kappa shape index (κ1) is 11.1. The molecule has 0 aromatic carbocycles. The van der Waals surface area contributed by atoms with Crippen LogP contribution >= 0.6 is 0 Å². The van der Waals surface area contributed by atoms with E-state index in [-0.39, 0.29) is 5.16 Å². The molecular weight excluding hydrogens is 200 g/mol. The van der Waals surface area contributed by atoms with Crippen LogP contribution in [0.25, 0.3) is 0 Å². The van der Waals surface area contributed by atoms with Crippen LogP contribution in [-0.2, 0) is 16.3 Å². The molecule has 0 aliphatic heterocycles. The minimum atomic E-state index is -3.27. The topological polar surface area (TPSA) is 59.9 Å². The monoisotopic (exact) mass is 214 g/mol. The lowest BCUT2D eigenvalue weighted by atomic mass is 10.1. The fraction of sp³-hybridized carbons (Fsp3) is 0.556. The van der Waals surface area contributed by atoms with Gasteiger partial charge in [0.25, 0.3) is 0 Å². The van der Waals surface area contributed by atoms with Gasteiger partial charge >= 0.3 is 0 Å². The molecule has 1 aromatic heterocycles. The zero-order valence-corrected chi connectivity index (χ0v) is 9.37. The summed E-state index contributed by atoms with van der Waals surface area (Å²) in [6.07, 6.45) is 5.11. The average molecular weight is 214 g/mol. The summed E-state index contributed by atoms with van der Waals surface area (Å²) in [7, 11) is -3.27. The van der Waals surface area contributed by atoms with Gasteiger partial charge in [0.1, 0.15) is 0 Å². The van der Waals surface area contributed by atoms with Gasteiger partial charge in [-0.25, -0.2) is 18.4 Å². The first-order valence-electron chi connectivity index (χ1n) is 4.40. The van der Waals surface area contributed by atoms with E-state index in [0.29, 0.717) is 5.92 Å². The van der Waals surface area contributed by atoms with Crippen molar-refractivity contribution in [2.24, 2.45) is 5.92 Å². The molecular formula is C9H14N2O2S. The van der Waals surface area contributed by atoms with Crippen LogP contribution in [0.1, 0.15) is 19.4 Å². The maximum atomic E-state index is 11.0. The van der Waals surface area contributed by atoms with Gasteiger partial charge in [-0.3, -0.25) is 0 Å². The third-order valence-electron chi connectivity index (χ3n) is 1.66. The van der Waals surface area contributed by atoms with Crippen molar-refractivity contribution in [3.63, 3.8) is 0 Å². The highest BCUT2D eigenvalue weighted by Crippen LogP contribution is 2.07. The van der Waals surface area contributed by atoms with Gasteiger partial charge in [0, 0.05) is 18.6 Å². The second kappa shape index (κ2) is 4.04. The van der Waals surface area contributed by atoms with Crippen molar-refractivity contribution in [1.29, 1.82) is 0 Å².